The van der Waals surface area contributed by atoms with Crippen molar-refractivity contribution in [3.8, 4) is 0 Å². The Bertz CT molecular complexity index is 1050. The summed E-state index contributed by atoms with van der Waals surface area (Å²) in [5.74, 6) is 0.507. The summed E-state index contributed by atoms with van der Waals surface area (Å²) < 4.78 is 27.8. The number of rotatable bonds is 4. The van der Waals surface area contributed by atoms with Gasteiger partial charge in [0.05, 0.1) is 35.2 Å². The predicted molar refractivity (Wildman–Crippen MR) is 118 cm³/mol. The van der Waals surface area contributed by atoms with Gasteiger partial charge in [0.25, 0.3) is 0 Å². The molecule has 4 rings (SSSR count). The molecule has 9 heteroatoms. The number of likely N-dealkylation sites (N-methyl/N-ethyl adjacent to an activating group) is 1. The monoisotopic (exact) mass is 426 g/mol. The summed E-state index contributed by atoms with van der Waals surface area (Å²) in [7, 11) is -1.49. The highest BCUT2D eigenvalue weighted by atomic mass is 32.2. The maximum absolute atomic E-state index is 13.1. The molecule has 0 amide bonds. The summed E-state index contributed by atoms with van der Waals surface area (Å²) >= 11 is 0. The van der Waals surface area contributed by atoms with Crippen molar-refractivity contribution in [2.45, 2.75) is 11.3 Å². The normalized spacial score (nSPS) is 19.2. The standard InChI is InChI=1S/C21H26N6O2S/c1-25-10-3-11-26(13-12-25)30(28,29)19-7-5-17(6-8-19)20-15-24-21(22)16-27(20)18-4-2-9-23-14-18/h2,4-9,14-15H,3,10-13,16H2,1H3,(H2,22,24). The maximum atomic E-state index is 13.1. The quantitative estimate of drug-likeness (QED) is 0.798. The van der Waals surface area contributed by atoms with Crippen LogP contribution in [0.5, 0.6) is 0 Å². The lowest BCUT2D eigenvalue weighted by Gasteiger charge is -2.29. The summed E-state index contributed by atoms with van der Waals surface area (Å²) in [5, 5.41) is 0. The molecule has 1 aromatic heterocycles. The van der Waals surface area contributed by atoms with Gasteiger partial charge in [-0.2, -0.15) is 4.31 Å². The number of aromatic nitrogens is 1. The van der Waals surface area contributed by atoms with Crippen molar-refractivity contribution in [2.24, 2.45) is 10.7 Å². The summed E-state index contributed by atoms with van der Waals surface area (Å²) in [6.07, 6.45) is 6.02. The van der Waals surface area contributed by atoms with Gasteiger partial charge in [0.1, 0.15) is 5.84 Å². The van der Waals surface area contributed by atoms with E-state index in [1.165, 1.54) is 0 Å². The van der Waals surface area contributed by atoms with E-state index in [4.69, 9.17) is 5.73 Å². The third kappa shape index (κ3) is 4.23. The largest absolute Gasteiger partial charge is 0.386 e. The molecule has 0 unspecified atom stereocenters. The Labute approximate surface area is 177 Å². The zero-order valence-corrected chi connectivity index (χ0v) is 17.8. The predicted octanol–water partition coefficient (Wildman–Crippen LogP) is 1.58. The van der Waals surface area contributed by atoms with Gasteiger partial charge >= 0.3 is 0 Å². The third-order valence-electron chi connectivity index (χ3n) is 5.39. The highest BCUT2D eigenvalue weighted by molar-refractivity contribution is 7.89. The third-order valence-corrected chi connectivity index (χ3v) is 7.30. The van der Waals surface area contributed by atoms with Gasteiger partial charge in [-0.3, -0.25) is 4.98 Å². The molecule has 3 heterocycles. The molecule has 8 nitrogen and oxygen atoms in total. The SMILES string of the molecule is CN1CCCN(S(=O)(=O)c2ccc(C3=CN=C(N)CN3c3cccnc3)cc2)CC1. The van der Waals surface area contributed by atoms with E-state index >= 15 is 0 Å². The van der Waals surface area contributed by atoms with E-state index in [9.17, 15) is 8.42 Å². The number of aliphatic imine (C=N–C) groups is 1. The Balaban J connectivity index is 1.61. The van der Waals surface area contributed by atoms with Crippen LogP contribution in [-0.2, 0) is 10.0 Å². The second-order valence-electron chi connectivity index (χ2n) is 7.52. The smallest absolute Gasteiger partial charge is 0.243 e. The molecule has 1 aromatic carbocycles. The lowest BCUT2D eigenvalue weighted by Crippen LogP contribution is -2.35. The summed E-state index contributed by atoms with van der Waals surface area (Å²) in [5.41, 5.74) is 8.55. The highest BCUT2D eigenvalue weighted by Crippen LogP contribution is 2.29. The molecule has 1 saturated heterocycles. The van der Waals surface area contributed by atoms with Crippen molar-refractivity contribution >= 4 is 27.2 Å². The Morgan fingerprint density at radius 1 is 1.03 bits per heavy atom. The number of nitrogens with two attached hydrogens (primary N) is 1. The van der Waals surface area contributed by atoms with Gasteiger partial charge in [-0.05, 0) is 49.8 Å². The maximum Gasteiger partial charge on any atom is 0.243 e. The summed E-state index contributed by atoms with van der Waals surface area (Å²) in [6.45, 7) is 3.15. The lowest BCUT2D eigenvalue weighted by atomic mass is 10.1. The van der Waals surface area contributed by atoms with Gasteiger partial charge in [-0.25, -0.2) is 13.4 Å². The fraction of sp³-hybridized carbons (Fsp3) is 0.333. The molecule has 2 aliphatic rings. The molecule has 0 atom stereocenters. The van der Waals surface area contributed by atoms with Crippen LogP contribution < -0.4 is 10.6 Å². The van der Waals surface area contributed by atoms with E-state index in [0.29, 0.717) is 30.4 Å². The minimum atomic E-state index is -3.51. The zero-order chi connectivity index (χ0) is 21.1. The van der Waals surface area contributed by atoms with Crippen LogP contribution in [0, 0.1) is 0 Å². The van der Waals surface area contributed by atoms with E-state index < -0.39 is 10.0 Å². The summed E-state index contributed by atoms with van der Waals surface area (Å²) in [6, 6.07) is 10.8. The molecule has 0 saturated carbocycles. The van der Waals surface area contributed by atoms with Gasteiger partial charge in [0.15, 0.2) is 0 Å². The second-order valence-corrected chi connectivity index (χ2v) is 9.46. The average molecular weight is 427 g/mol. The molecule has 2 aromatic rings. The molecule has 0 radical (unpaired) electrons. The first-order valence-electron chi connectivity index (χ1n) is 9.94. The van der Waals surface area contributed by atoms with Crippen molar-refractivity contribution in [1.29, 1.82) is 0 Å². The van der Waals surface area contributed by atoms with E-state index in [-0.39, 0.29) is 0 Å². The van der Waals surface area contributed by atoms with Crippen molar-refractivity contribution in [3.05, 3.63) is 60.6 Å². The van der Waals surface area contributed by atoms with Crippen LogP contribution in [-0.4, -0.2) is 68.2 Å². The molecule has 0 aliphatic carbocycles. The van der Waals surface area contributed by atoms with Gasteiger partial charge < -0.3 is 15.5 Å². The highest BCUT2D eigenvalue weighted by Gasteiger charge is 2.26. The Kier molecular flexibility index (Phi) is 5.85. The minimum Gasteiger partial charge on any atom is -0.386 e. The molecular weight excluding hydrogens is 400 g/mol. The lowest BCUT2D eigenvalue weighted by molar-refractivity contribution is 0.347. The molecule has 158 valence electrons. The number of hydrogen-bond acceptors (Lipinski definition) is 7. The first kappa shape index (κ1) is 20.5. The fourth-order valence-electron chi connectivity index (χ4n) is 3.69. The number of anilines is 1. The Hall–Kier alpha value is -2.75. The van der Waals surface area contributed by atoms with E-state index in [0.717, 1.165) is 36.5 Å². The van der Waals surface area contributed by atoms with Crippen LogP contribution in [0.3, 0.4) is 0 Å². The van der Waals surface area contributed by atoms with Gasteiger partial charge in [0, 0.05) is 25.8 Å². The second kappa shape index (κ2) is 8.55. The molecule has 0 spiro atoms. The number of nitrogens with zero attached hydrogens (tertiary/aromatic N) is 5. The van der Waals surface area contributed by atoms with Crippen molar-refractivity contribution in [2.75, 3.05) is 44.7 Å². The minimum absolute atomic E-state index is 0.308. The van der Waals surface area contributed by atoms with Crippen LogP contribution in [0.2, 0.25) is 0 Å². The molecule has 2 aliphatic heterocycles. The van der Waals surface area contributed by atoms with Crippen molar-refractivity contribution in [1.82, 2.24) is 14.2 Å². The van der Waals surface area contributed by atoms with Crippen LogP contribution >= 0.6 is 0 Å². The zero-order valence-electron chi connectivity index (χ0n) is 17.0. The molecule has 0 bridgehead atoms. The number of amidine groups is 1. The van der Waals surface area contributed by atoms with Crippen LogP contribution in [0.15, 0.2) is 64.9 Å². The van der Waals surface area contributed by atoms with Gasteiger partial charge in [0.2, 0.25) is 10.0 Å². The number of pyridine rings is 1. The first-order chi connectivity index (χ1) is 14.4. The molecule has 1 fully saturated rings. The van der Waals surface area contributed by atoms with Crippen LogP contribution in [0.1, 0.15) is 12.0 Å². The summed E-state index contributed by atoms with van der Waals surface area (Å²) in [4.78, 5) is 12.9. The van der Waals surface area contributed by atoms with Crippen molar-refractivity contribution in [3.63, 3.8) is 0 Å². The number of sulfonamides is 1. The number of hydrogen-bond donors (Lipinski definition) is 1. The number of benzene rings is 1. The van der Waals surface area contributed by atoms with Gasteiger partial charge in [-0.1, -0.05) is 12.1 Å². The van der Waals surface area contributed by atoms with E-state index in [1.807, 2.05) is 36.2 Å². The van der Waals surface area contributed by atoms with Gasteiger partial charge in [-0.15, -0.1) is 0 Å². The average Bonchev–Trinajstić information content (AvgIpc) is 2.99. The Morgan fingerprint density at radius 2 is 1.83 bits per heavy atom. The first-order valence-corrected chi connectivity index (χ1v) is 11.4. The fourth-order valence-corrected chi connectivity index (χ4v) is 5.16. The Morgan fingerprint density at radius 3 is 2.57 bits per heavy atom. The van der Waals surface area contributed by atoms with E-state index in [1.54, 1.807) is 35.0 Å². The molecular formula is C21H26N6O2S. The van der Waals surface area contributed by atoms with Crippen LogP contribution in [0.25, 0.3) is 5.70 Å². The topological polar surface area (TPSA) is 95.1 Å². The molecule has 30 heavy (non-hydrogen) atoms. The van der Waals surface area contributed by atoms with Crippen LogP contribution in [0.4, 0.5) is 5.69 Å². The molecule has 2 N–H and O–H groups in total. The van der Waals surface area contributed by atoms with E-state index in [2.05, 4.69) is 14.9 Å². The van der Waals surface area contributed by atoms with Crippen molar-refractivity contribution < 1.29 is 8.42 Å².